The van der Waals surface area contributed by atoms with Crippen molar-refractivity contribution in [3.63, 3.8) is 0 Å². The van der Waals surface area contributed by atoms with E-state index in [1.807, 2.05) is 12.1 Å². The molecule has 4 rings (SSSR count). The van der Waals surface area contributed by atoms with E-state index in [0.717, 1.165) is 18.7 Å². The molecule has 3 aromatic rings. The topological polar surface area (TPSA) is 71.3 Å². The minimum atomic E-state index is -0.0657. The van der Waals surface area contributed by atoms with Crippen molar-refractivity contribution < 1.29 is 9.32 Å². The summed E-state index contributed by atoms with van der Waals surface area (Å²) in [6, 6.07) is 11.7. The Hall–Kier alpha value is -2.51. The largest absolute Gasteiger partial charge is 0.350 e. The average Bonchev–Trinajstić information content (AvgIpc) is 3.45. The predicted molar refractivity (Wildman–Crippen MR) is 105 cm³/mol. The van der Waals surface area contributed by atoms with E-state index < -0.39 is 0 Å². The van der Waals surface area contributed by atoms with Crippen molar-refractivity contribution in [2.24, 2.45) is 0 Å². The number of amides is 1. The molecule has 0 saturated carbocycles. The summed E-state index contributed by atoms with van der Waals surface area (Å²) < 4.78 is 5.16. The molecule has 1 unspecified atom stereocenters. The van der Waals surface area contributed by atoms with E-state index in [0.29, 0.717) is 23.8 Å². The molecule has 1 fully saturated rings. The minimum absolute atomic E-state index is 0.0657. The van der Waals surface area contributed by atoms with Gasteiger partial charge in [0.1, 0.15) is 0 Å². The van der Waals surface area contributed by atoms with Gasteiger partial charge in [0.15, 0.2) is 5.82 Å². The van der Waals surface area contributed by atoms with Crippen LogP contribution in [0.3, 0.4) is 0 Å². The number of likely N-dealkylation sites (tertiary alicyclic amines) is 1. The Morgan fingerprint density at radius 3 is 2.67 bits per heavy atom. The summed E-state index contributed by atoms with van der Waals surface area (Å²) in [6.45, 7) is 4.58. The number of aromatic nitrogens is 2. The summed E-state index contributed by atoms with van der Waals surface area (Å²) in [7, 11) is 0. The first-order chi connectivity index (χ1) is 13.2. The number of nitrogens with zero attached hydrogens (tertiary/aromatic N) is 3. The van der Waals surface area contributed by atoms with Crippen LogP contribution in [0.5, 0.6) is 0 Å². The summed E-state index contributed by atoms with van der Waals surface area (Å²) in [5.41, 5.74) is 1.43. The molecule has 0 aliphatic carbocycles. The highest BCUT2D eigenvalue weighted by molar-refractivity contribution is 7.10. The molecule has 2 aromatic heterocycles. The van der Waals surface area contributed by atoms with Gasteiger partial charge in [-0.2, -0.15) is 4.98 Å². The van der Waals surface area contributed by atoms with Gasteiger partial charge < -0.3 is 9.84 Å². The summed E-state index contributed by atoms with van der Waals surface area (Å²) >= 11 is 1.75. The lowest BCUT2D eigenvalue weighted by Crippen LogP contribution is -2.36. The number of rotatable bonds is 6. The van der Waals surface area contributed by atoms with Crippen molar-refractivity contribution >= 4 is 17.2 Å². The van der Waals surface area contributed by atoms with Gasteiger partial charge >= 0.3 is 0 Å². The molecule has 7 heteroatoms. The van der Waals surface area contributed by atoms with Gasteiger partial charge in [-0.15, -0.1) is 11.3 Å². The van der Waals surface area contributed by atoms with E-state index in [4.69, 9.17) is 4.52 Å². The summed E-state index contributed by atoms with van der Waals surface area (Å²) in [5.74, 6) is 0.989. The van der Waals surface area contributed by atoms with Crippen LogP contribution in [0.1, 0.15) is 39.9 Å². The maximum absolute atomic E-state index is 12.6. The molecule has 1 N–H and O–H groups in total. The van der Waals surface area contributed by atoms with Crippen molar-refractivity contribution in [1.29, 1.82) is 0 Å². The summed E-state index contributed by atoms with van der Waals surface area (Å²) in [6.07, 6.45) is 2.46. The second kappa shape index (κ2) is 8.02. The van der Waals surface area contributed by atoms with Crippen molar-refractivity contribution in [2.45, 2.75) is 25.8 Å². The zero-order valence-corrected chi connectivity index (χ0v) is 16.0. The fourth-order valence-electron chi connectivity index (χ4n) is 3.41. The van der Waals surface area contributed by atoms with Crippen LogP contribution in [-0.4, -0.2) is 40.6 Å². The van der Waals surface area contributed by atoms with E-state index >= 15 is 0 Å². The van der Waals surface area contributed by atoms with Gasteiger partial charge in [0, 0.05) is 22.5 Å². The fourth-order valence-corrected chi connectivity index (χ4v) is 4.27. The van der Waals surface area contributed by atoms with E-state index in [1.165, 1.54) is 17.7 Å². The third-order valence-corrected chi connectivity index (χ3v) is 5.80. The van der Waals surface area contributed by atoms with Crippen LogP contribution in [-0.2, 0) is 0 Å². The van der Waals surface area contributed by atoms with Gasteiger partial charge in [-0.1, -0.05) is 11.2 Å². The van der Waals surface area contributed by atoms with E-state index in [2.05, 4.69) is 37.9 Å². The van der Waals surface area contributed by atoms with Crippen LogP contribution in [0.15, 0.2) is 46.3 Å². The van der Waals surface area contributed by atoms with Crippen LogP contribution in [0.2, 0.25) is 0 Å². The molecule has 1 aromatic carbocycles. The van der Waals surface area contributed by atoms with Crippen molar-refractivity contribution in [3.8, 4) is 11.5 Å². The molecule has 3 heterocycles. The highest BCUT2D eigenvalue weighted by Gasteiger charge is 2.24. The minimum Gasteiger partial charge on any atom is -0.350 e. The van der Waals surface area contributed by atoms with Gasteiger partial charge in [-0.05, 0) is 68.6 Å². The number of aryl methyl sites for hydroxylation is 1. The second-order valence-corrected chi connectivity index (χ2v) is 7.69. The van der Waals surface area contributed by atoms with Gasteiger partial charge in [-0.3, -0.25) is 9.69 Å². The molecule has 1 atom stereocenters. The molecule has 0 bridgehead atoms. The Morgan fingerprint density at radius 1 is 1.26 bits per heavy atom. The number of carbonyl (C=O) groups is 1. The molecule has 1 aliphatic rings. The first-order valence-electron chi connectivity index (χ1n) is 9.17. The lowest BCUT2D eigenvalue weighted by atomic mass is 10.1. The smallest absolute Gasteiger partial charge is 0.257 e. The van der Waals surface area contributed by atoms with E-state index in [9.17, 15) is 4.79 Å². The van der Waals surface area contributed by atoms with Gasteiger partial charge in [0.05, 0.1) is 6.04 Å². The van der Waals surface area contributed by atoms with Crippen molar-refractivity contribution in [3.05, 3.63) is 58.0 Å². The van der Waals surface area contributed by atoms with E-state index in [-0.39, 0.29) is 11.9 Å². The molecule has 1 aliphatic heterocycles. The van der Waals surface area contributed by atoms with Crippen LogP contribution >= 0.6 is 11.3 Å². The Labute approximate surface area is 162 Å². The van der Waals surface area contributed by atoms with Crippen molar-refractivity contribution in [2.75, 3.05) is 19.6 Å². The quantitative estimate of drug-likeness (QED) is 0.704. The number of hydrogen-bond donors (Lipinski definition) is 1. The normalized spacial score (nSPS) is 15.7. The molecule has 140 valence electrons. The number of hydrogen-bond acceptors (Lipinski definition) is 6. The number of nitrogens with one attached hydrogen (secondary N) is 1. The molecule has 1 amide bonds. The standard InChI is InChI=1S/C20H22N4O2S/c1-14-22-20(26-23-14)16-8-6-15(7-9-16)19(25)21-13-17(18-5-4-12-27-18)24-10-2-3-11-24/h4-9,12,17H,2-3,10-11,13H2,1H3,(H,21,25). The van der Waals surface area contributed by atoms with Crippen molar-refractivity contribution in [1.82, 2.24) is 20.4 Å². The van der Waals surface area contributed by atoms with Crippen LogP contribution in [0, 0.1) is 6.92 Å². The first-order valence-corrected chi connectivity index (χ1v) is 10.0. The first kappa shape index (κ1) is 17.9. The number of carbonyl (C=O) groups excluding carboxylic acids is 1. The zero-order chi connectivity index (χ0) is 18.6. The molecule has 1 saturated heterocycles. The maximum atomic E-state index is 12.6. The summed E-state index contributed by atoms with van der Waals surface area (Å²) in [4.78, 5) is 20.6. The number of thiophene rings is 1. The lowest BCUT2D eigenvalue weighted by Gasteiger charge is -2.26. The van der Waals surface area contributed by atoms with Crippen LogP contribution in [0.25, 0.3) is 11.5 Å². The molecule has 0 spiro atoms. The molecular weight excluding hydrogens is 360 g/mol. The highest BCUT2D eigenvalue weighted by atomic mass is 32.1. The molecular formula is C20H22N4O2S. The second-order valence-electron chi connectivity index (χ2n) is 6.71. The average molecular weight is 382 g/mol. The SMILES string of the molecule is Cc1noc(-c2ccc(C(=O)NCC(c3cccs3)N3CCCC3)cc2)n1. The Bertz CT molecular complexity index is 883. The molecule has 6 nitrogen and oxygen atoms in total. The third kappa shape index (κ3) is 4.09. The molecule has 27 heavy (non-hydrogen) atoms. The predicted octanol–water partition coefficient (Wildman–Crippen LogP) is 3.67. The lowest BCUT2D eigenvalue weighted by molar-refractivity contribution is 0.0938. The van der Waals surface area contributed by atoms with Gasteiger partial charge in [0.2, 0.25) is 0 Å². The van der Waals surface area contributed by atoms with Crippen LogP contribution < -0.4 is 5.32 Å². The van der Waals surface area contributed by atoms with Crippen LogP contribution in [0.4, 0.5) is 0 Å². The summed E-state index contributed by atoms with van der Waals surface area (Å²) in [5, 5.41) is 8.99. The highest BCUT2D eigenvalue weighted by Crippen LogP contribution is 2.28. The Morgan fingerprint density at radius 2 is 2.04 bits per heavy atom. The third-order valence-electron chi connectivity index (χ3n) is 4.83. The maximum Gasteiger partial charge on any atom is 0.257 e. The fraction of sp³-hybridized carbons (Fsp3) is 0.350. The Balaban J connectivity index is 1.42. The van der Waals surface area contributed by atoms with E-state index in [1.54, 1.807) is 30.4 Å². The number of benzene rings is 1. The van der Waals surface area contributed by atoms with Gasteiger partial charge in [-0.25, -0.2) is 0 Å². The monoisotopic (exact) mass is 382 g/mol. The zero-order valence-electron chi connectivity index (χ0n) is 15.2. The molecule has 0 radical (unpaired) electrons. The van der Waals surface area contributed by atoms with Gasteiger partial charge in [0.25, 0.3) is 11.8 Å². The Kier molecular flexibility index (Phi) is 5.31.